The SMILES string of the molecule is Cc1ccccc1-c1cn(C2CCN(Cc3ccccc3)CC2)nn1. The molecule has 4 rings (SSSR count). The van der Waals surface area contributed by atoms with E-state index >= 15 is 0 Å². The van der Waals surface area contributed by atoms with Gasteiger partial charge in [-0.05, 0) is 30.9 Å². The van der Waals surface area contributed by atoms with Crippen molar-refractivity contribution in [3.8, 4) is 11.3 Å². The Hall–Kier alpha value is -2.46. The van der Waals surface area contributed by atoms with Crippen LogP contribution in [0.15, 0.2) is 60.8 Å². The second-order valence-corrected chi connectivity index (χ2v) is 6.89. The van der Waals surface area contributed by atoms with E-state index in [1.54, 1.807) is 0 Å². The van der Waals surface area contributed by atoms with Gasteiger partial charge in [0.05, 0.1) is 12.2 Å². The summed E-state index contributed by atoms with van der Waals surface area (Å²) in [4.78, 5) is 2.53. The Bertz CT molecular complexity index is 817. The molecule has 0 aliphatic carbocycles. The summed E-state index contributed by atoms with van der Waals surface area (Å²) in [6, 6.07) is 19.5. The number of likely N-dealkylation sites (tertiary alicyclic amines) is 1. The van der Waals surface area contributed by atoms with Crippen molar-refractivity contribution < 1.29 is 0 Å². The predicted molar refractivity (Wildman–Crippen MR) is 100 cm³/mol. The zero-order valence-electron chi connectivity index (χ0n) is 14.7. The predicted octanol–water partition coefficient (Wildman–Crippen LogP) is 4.09. The molecule has 1 aromatic heterocycles. The second kappa shape index (κ2) is 7.19. The molecule has 0 spiro atoms. The molecule has 4 heteroatoms. The fourth-order valence-corrected chi connectivity index (χ4v) is 3.62. The monoisotopic (exact) mass is 332 g/mol. The van der Waals surface area contributed by atoms with E-state index in [2.05, 4.69) is 87.6 Å². The van der Waals surface area contributed by atoms with Crippen LogP contribution in [0.25, 0.3) is 11.3 Å². The van der Waals surface area contributed by atoms with Gasteiger partial charge in [0, 0.05) is 25.2 Å². The second-order valence-electron chi connectivity index (χ2n) is 6.89. The van der Waals surface area contributed by atoms with Gasteiger partial charge in [0.1, 0.15) is 5.69 Å². The third-order valence-electron chi connectivity index (χ3n) is 5.11. The van der Waals surface area contributed by atoms with E-state index in [-0.39, 0.29) is 0 Å². The van der Waals surface area contributed by atoms with Crippen molar-refractivity contribution in [1.29, 1.82) is 0 Å². The van der Waals surface area contributed by atoms with Crippen molar-refractivity contribution in [1.82, 2.24) is 19.9 Å². The summed E-state index contributed by atoms with van der Waals surface area (Å²) in [6.07, 6.45) is 4.37. The number of rotatable bonds is 4. The maximum atomic E-state index is 4.41. The topological polar surface area (TPSA) is 34.0 Å². The van der Waals surface area contributed by atoms with Crippen LogP contribution in [0, 0.1) is 6.92 Å². The van der Waals surface area contributed by atoms with Crippen LogP contribution in [0.4, 0.5) is 0 Å². The maximum absolute atomic E-state index is 4.41. The lowest BCUT2D eigenvalue weighted by atomic mass is 10.0. The molecule has 1 aliphatic heterocycles. The molecule has 128 valence electrons. The number of aryl methyl sites for hydroxylation is 1. The van der Waals surface area contributed by atoms with Gasteiger partial charge in [-0.1, -0.05) is 59.8 Å². The fraction of sp³-hybridized carbons (Fsp3) is 0.333. The lowest BCUT2D eigenvalue weighted by Gasteiger charge is -2.31. The molecule has 1 aliphatic rings. The summed E-state index contributed by atoms with van der Waals surface area (Å²) < 4.78 is 2.07. The first-order valence-electron chi connectivity index (χ1n) is 9.04. The average Bonchev–Trinajstić information content (AvgIpc) is 3.13. The lowest BCUT2D eigenvalue weighted by molar-refractivity contribution is 0.172. The van der Waals surface area contributed by atoms with E-state index in [1.807, 2.05) is 0 Å². The maximum Gasteiger partial charge on any atom is 0.113 e. The molecule has 0 amide bonds. The third-order valence-corrected chi connectivity index (χ3v) is 5.11. The molecular weight excluding hydrogens is 308 g/mol. The smallest absolute Gasteiger partial charge is 0.113 e. The summed E-state index contributed by atoms with van der Waals surface area (Å²) in [6.45, 7) is 5.38. The first-order chi connectivity index (χ1) is 12.3. The number of nitrogens with zero attached hydrogens (tertiary/aromatic N) is 4. The summed E-state index contributed by atoms with van der Waals surface area (Å²) in [5, 5.41) is 8.82. The van der Waals surface area contributed by atoms with E-state index in [1.165, 1.54) is 16.7 Å². The number of hydrogen-bond donors (Lipinski definition) is 0. The van der Waals surface area contributed by atoms with Crippen LogP contribution in [0.3, 0.4) is 0 Å². The molecular formula is C21H24N4. The Kier molecular flexibility index (Phi) is 4.61. The first-order valence-corrected chi connectivity index (χ1v) is 9.04. The molecule has 0 unspecified atom stereocenters. The zero-order valence-corrected chi connectivity index (χ0v) is 14.7. The van der Waals surface area contributed by atoms with Gasteiger partial charge in [-0.25, -0.2) is 4.68 Å². The normalized spacial score (nSPS) is 16.2. The average molecular weight is 332 g/mol. The van der Waals surface area contributed by atoms with E-state index in [0.717, 1.165) is 38.2 Å². The van der Waals surface area contributed by atoms with Crippen LogP contribution in [0.1, 0.15) is 30.0 Å². The van der Waals surface area contributed by atoms with Crippen LogP contribution in [0.2, 0.25) is 0 Å². The van der Waals surface area contributed by atoms with Crippen LogP contribution in [0.5, 0.6) is 0 Å². The van der Waals surface area contributed by atoms with Gasteiger partial charge in [0.15, 0.2) is 0 Å². The highest BCUT2D eigenvalue weighted by atomic mass is 15.4. The minimum Gasteiger partial charge on any atom is -0.299 e. The Morgan fingerprint density at radius 3 is 2.44 bits per heavy atom. The summed E-state index contributed by atoms with van der Waals surface area (Å²) >= 11 is 0. The van der Waals surface area contributed by atoms with Gasteiger partial charge in [-0.3, -0.25) is 4.90 Å². The van der Waals surface area contributed by atoms with Crippen LogP contribution < -0.4 is 0 Å². The Morgan fingerprint density at radius 1 is 0.960 bits per heavy atom. The molecule has 0 atom stereocenters. The standard InChI is InChI=1S/C21H24N4/c1-17-7-5-6-10-20(17)21-16-25(23-22-21)19-11-13-24(14-12-19)15-18-8-3-2-4-9-18/h2-10,16,19H,11-15H2,1H3. The van der Waals surface area contributed by atoms with Crippen LogP contribution in [-0.2, 0) is 6.54 Å². The highest BCUT2D eigenvalue weighted by Crippen LogP contribution is 2.26. The van der Waals surface area contributed by atoms with Crippen molar-refractivity contribution >= 4 is 0 Å². The number of aromatic nitrogens is 3. The molecule has 2 aromatic carbocycles. The molecule has 0 N–H and O–H groups in total. The number of benzene rings is 2. The minimum absolute atomic E-state index is 0.456. The van der Waals surface area contributed by atoms with Crippen molar-refractivity contribution in [2.45, 2.75) is 32.4 Å². The first kappa shape index (κ1) is 16.0. The highest BCUT2D eigenvalue weighted by molar-refractivity contribution is 5.61. The summed E-state index contributed by atoms with van der Waals surface area (Å²) in [5.74, 6) is 0. The van der Waals surface area contributed by atoms with E-state index in [0.29, 0.717) is 6.04 Å². The molecule has 3 aromatic rings. The largest absolute Gasteiger partial charge is 0.299 e. The lowest BCUT2D eigenvalue weighted by Crippen LogP contribution is -2.34. The Morgan fingerprint density at radius 2 is 1.68 bits per heavy atom. The van der Waals surface area contributed by atoms with Crippen molar-refractivity contribution in [3.05, 3.63) is 71.9 Å². The summed E-state index contributed by atoms with van der Waals surface area (Å²) in [5.41, 5.74) is 4.79. The van der Waals surface area contributed by atoms with Gasteiger partial charge in [0.2, 0.25) is 0 Å². The van der Waals surface area contributed by atoms with Gasteiger partial charge in [-0.2, -0.15) is 0 Å². The fourth-order valence-electron chi connectivity index (χ4n) is 3.62. The number of hydrogen-bond acceptors (Lipinski definition) is 3. The minimum atomic E-state index is 0.456. The van der Waals surface area contributed by atoms with Crippen molar-refractivity contribution in [2.75, 3.05) is 13.1 Å². The van der Waals surface area contributed by atoms with Crippen LogP contribution in [-0.4, -0.2) is 33.0 Å². The molecule has 0 saturated carbocycles. The molecule has 25 heavy (non-hydrogen) atoms. The molecule has 0 bridgehead atoms. The van der Waals surface area contributed by atoms with Crippen molar-refractivity contribution in [2.24, 2.45) is 0 Å². The third kappa shape index (κ3) is 3.64. The van der Waals surface area contributed by atoms with E-state index in [9.17, 15) is 0 Å². The number of piperidine rings is 1. The Balaban J connectivity index is 1.39. The van der Waals surface area contributed by atoms with Gasteiger partial charge < -0.3 is 0 Å². The quantitative estimate of drug-likeness (QED) is 0.721. The Labute approximate surface area is 149 Å². The highest BCUT2D eigenvalue weighted by Gasteiger charge is 2.22. The van der Waals surface area contributed by atoms with Gasteiger partial charge >= 0.3 is 0 Å². The van der Waals surface area contributed by atoms with Crippen molar-refractivity contribution in [3.63, 3.8) is 0 Å². The molecule has 2 heterocycles. The van der Waals surface area contributed by atoms with Gasteiger partial charge in [-0.15, -0.1) is 5.10 Å². The van der Waals surface area contributed by atoms with E-state index in [4.69, 9.17) is 0 Å². The molecule has 4 nitrogen and oxygen atoms in total. The zero-order chi connectivity index (χ0) is 17.1. The van der Waals surface area contributed by atoms with Crippen LogP contribution >= 0.6 is 0 Å². The molecule has 1 fully saturated rings. The van der Waals surface area contributed by atoms with Gasteiger partial charge in [0.25, 0.3) is 0 Å². The molecule has 1 saturated heterocycles. The molecule has 0 radical (unpaired) electrons. The van der Waals surface area contributed by atoms with E-state index < -0.39 is 0 Å². The summed E-state index contributed by atoms with van der Waals surface area (Å²) in [7, 11) is 0.